The van der Waals surface area contributed by atoms with E-state index in [1.54, 1.807) is 0 Å². The number of nitrogens with zero attached hydrogens (tertiary/aromatic N) is 3. The molecule has 1 fully saturated rings. The lowest BCUT2D eigenvalue weighted by Gasteiger charge is -2.30. The summed E-state index contributed by atoms with van der Waals surface area (Å²) < 4.78 is 6.46. The summed E-state index contributed by atoms with van der Waals surface area (Å²) >= 11 is 11.2. The highest BCUT2D eigenvalue weighted by Crippen LogP contribution is 2.22. The van der Waals surface area contributed by atoms with Gasteiger partial charge in [0.25, 0.3) is 0 Å². The Kier molecular flexibility index (Phi) is 9.44. The van der Waals surface area contributed by atoms with E-state index < -0.39 is 0 Å². The predicted molar refractivity (Wildman–Crippen MR) is 141 cm³/mol. The molecule has 0 atom stereocenters. The Morgan fingerprint density at radius 1 is 1.15 bits per heavy atom. The van der Waals surface area contributed by atoms with E-state index in [4.69, 9.17) is 16.1 Å². The van der Waals surface area contributed by atoms with Crippen LogP contribution in [0.4, 0.5) is 0 Å². The maximum absolute atomic E-state index is 12.5. The molecule has 1 aliphatic rings. The van der Waals surface area contributed by atoms with Crippen LogP contribution in [0.5, 0.6) is 0 Å². The van der Waals surface area contributed by atoms with Crippen LogP contribution in [0.1, 0.15) is 30.7 Å². The number of carbonyl (C=O) groups excluding carboxylic acids is 1. The van der Waals surface area contributed by atoms with Crippen LogP contribution in [0.25, 0.3) is 11.4 Å². The van der Waals surface area contributed by atoms with Gasteiger partial charge in [0.2, 0.25) is 17.6 Å². The molecule has 2 aromatic carbocycles. The average molecular weight is 564 g/mol. The lowest BCUT2D eigenvalue weighted by atomic mass is 9.96. The topological polar surface area (TPSA) is 71.3 Å². The molecular weight excluding hydrogens is 536 g/mol. The van der Waals surface area contributed by atoms with Gasteiger partial charge in [-0.25, -0.2) is 0 Å². The molecule has 2 heterocycles. The SMILES string of the molecule is O=C(NCCCSCc1ccc(Cl)cc1)C1CCN(Cc2nc(-c3ccc(Br)cc3)no2)CC1. The first-order chi connectivity index (χ1) is 16.6. The van der Waals surface area contributed by atoms with Crippen molar-refractivity contribution in [2.45, 2.75) is 31.6 Å². The minimum Gasteiger partial charge on any atom is -0.356 e. The highest BCUT2D eigenvalue weighted by molar-refractivity contribution is 9.10. The minimum absolute atomic E-state index is 0.0824. The summed E-state index contributed by atoms with van der Waals surface area (Å²) in [6.45, 7) is 3.05. The molecule has 6 nitrogen and oxygen atoms in total. The Morgan fingerprint density at radius 2 is 1.88 bits per heavy atom. The van der Waals surface area contributed by atoms with Crippen LogP contribution in [-0.4, -0.2) is 46.3 Å². The van der Waals surface area contributed by atoms with Crippen LogP contribution < -0.4 is 5.32 Å². The summed E-state index contributed by atoms with van der Waals surface area (Å²) in [5.74, 6) is 3.46. The largest absolute Gasteiger partial charge is 0.356 e. The normalized spacial score (nSPS) is 14.9. The summed E-state index contributed by atoms with van der Waals surface area (Å²) in [6.07, 6.45) is 2.68. The van der Waals surface area contributed by atoms with Crippen molar-refractivity contribution >= 4 is 45.2 Å². The molecule has 0 bridgehead atoms. The van der Waals surface area contributed by atoms with Crippen LogP contribution in [-0.2, 0) is 17.1 Å². The molecule has 1 aromatic heterocycles. The fraction of sp³-hybridized carbons (Fsp3) is 0.400. The summed E-state index contributed by atoms with van der Waals surface area (Å²) in [5, 5.41) is 7.98. The fourth-order valence-electron chi connectivity index (χ4n) is 3.88. The molecule has 1 N–H and O–H groups in total. The lowest BCUT2D eigenvalue weighted by molar-refractivity contribution is -0.126. The first-order valence-electron chi connectivity index (χ1n) is 11.5. The summed E-state index contributed by atoms with van der Waals surface area (Å²) in [7, 11) is 0. The van der Waals surface area contributed by atoms with Gasteiger partial charge in [0.05, 0.1) is 6.54 Å². The quantitative estimate of drug-likeness (QED) is 0.314. The molecule has 4 rings (SSSR count). The number of piperidine rings is 1. The molecule has 0 unspecified atom stereocenters. The summed E-state index contributed by atoms with van der Waals surface area (Å²) in [6, 6.07) is 15.8. The van der Waals surface area contributed by atoms with E-state index in [2.05, 4.69) is 48.4 Å². The molecule has 0 aliphatic carbocycles. The highest BCUT2D eigenvalue weighted by Gasteiger charge is 2.25. The number of amides is 1. The van der Waals surface area contributed by atoms with Gasteiger partial charge in [0.1, 0.15) is 0 Å². The maximum Gasteiger partial charge on any atom is 0.241 e. The molecule has 0 spiro atoms. The molecule has 3 aromatic rings. The van der Waals surface area contributed by atoms with Gasteiger partial charge in [0.15, 0.2) is 0 Å². The Balaban J connectivity index is 1.10. The number of hydrogen-bond donors (Lipinski definition) is 1. The van der Waals surface area contributed by atoms with Crippen molar-refractivity contribution in [1.29, 1.82) is 0 Å². The van der Waals surface area contributed by atoms with Crippen LogP contribution in [0.2, 0.25) is 5.02 Å². The first kappa shape index (κ1) is 25.2. The highest BCUT2D eigenvalue weighted by atomic mass is 79.9. The molecule has 0 radical (unpaired) electrons. The number of thioether (sulfide) groups is 1. The number of hydrogen-bond acceptors (Lipinski definition) is 6. The first-order valence-corrected chi connectivity index (χ1v) is 13.8. The van der Waals surface area contributed by atoms with Gasteiger partial charge in [0, 0.05) is 33.3 Å². The van der Waals surface area contributed by atoms with Crippen molar-refractivity contribution in [2.24, 2.45) is 5.92 Å². The standard InChI is InChI=1S/C25H28BrClN4O2S/c26-21-6-4-19(5-7-21)24-29-23(33-30-24)16-31-13-10-20(11-14-31)25(32)28-12-1-15-34-17-18-2-8-22(27)9-3-18/h2-9,20H,1,10-17H2,(H,28,32). The van der Waals surface area contributed by atoms with E-state index in [1.165, 1.54) is 5.56 Å². The van der Waals surface area contributed by atoms with Gasteiger partial charge in [-0.05, 0) is 80.1 Å². The third-order valence-corrected chi connectivity index (χ3v) is 7.73. The molecular formula is C25H28BrClN4O2S. The zero-order valence-corrected chi connectivity index (χ0v) is 22.0. The third-order valence-electron chi connectivity index (χ3n) is 5.83. The van der Waals surface area contributed by atoms with Gasteiger partial charge in [-0.15, -0.1) is 0 Å². The van der Waals surface area contributed by atoms with Crippen molar-refractivity contribution in [3.8, 4) is 11.4 Å². The van der Waals surface area contributed by atoms with Crippen LogP contribution in [0, 0.1) is 5.92 Å². The molecule has 9 heteroatoms. The minimum atomic E-state index is 0.0824. The van der Waals surface area contributed by atoms with Crippen LogP contribution in [0.3, 0.4) is 0 Å². The van der Waals surface area contributed by atoms with E-state index in [9.17, 15) is 4.79 Å². The average Bonchev–Trinajstić information content (AvgIpc) is 3.31. The Morgan fingerprint density at radius 3 is 2.62 bits per heavy atom. The predicted octanol–water partition coefficient (Wildman–Crippen LogP) is 5.80. The van der Waals surface area contributed by atoms with Gasteiger partial charge in [-0.3, -0.25) is 9.69 Å². The van der Waals surface area contributed by atoms with Gasteiger partial charge >= 0.3 is 0 Å². The number of aromatic nitrogens is 2. The van der Waals surface area contributed by atoms with Crippen molar-refractivity contribution in [1.82, 2.24) is 20.4 Å². The second kappa shape index (κ2) is 12.7. The maximum atomic E-state index is 12.5. The van der Waals surface area contributed by atoms with E-state index >= 15 is 0 Å². The number of carbonyl (C=O) groups is 1. The van der Waals surface area contributed by atoms with E-state index in [0.717, 1.165) is 65.5 Å². The second-order valence-corrected chi connectivity index (χ2v) is 10.8. The molecule has 180 valence electrons. The van der Waals surface area contributed by atoms with Gasteiger partial charge in [-0.2, -0.15) is 16.7 Å². The Labute approximate surface area is 218 Å². The van der Waals surface area contributed by atoms with Crippen molar-refractivity contribution in [3.63, 3.8) is 0 Å². The van der Waals surface area contributed by atoms with Crippen molar-refractivity contribution < 1.29 is 9.32 Å². The van der Waals surface area contributed by atoms with Crippen LogP contribution in [0.15, 0.2) is 57.5 Å². The Bertz CT molecular complexity index is 1050. The number of likely N-dealkylation sites (tertiary alicyclic amines) is 1. The van der Waals surface area contributed by atoms with E-state index in [1.807, 2.05) is 48.2 Å². The number of rotatable bonds is 10. The van der Waals surface area contributed by atoms with Crippen LogP contribution >= 0.6 is 39.3 Å². The van der Waals surface area contributed by atoms with Crippen molar-refractivity contribution in [3.05, 3.63) is 69.5 Å². The molecule has 1 aliphatic heterocycles. The summed E-state index contributed by atoms with van der Waals surface area (Å²) in [5.41, 5.74) is 2.20. The van der Waals surface area contributed by atoms with Crippen molar-refractivity contribution in [2.75, 3.05) is 25.4 Å². The zero-order chi connectivity index (χ0) is 23.8. The second-order valence-electron chi connectivity index (χ2n) is 8.39. The number of benzene rings is 2. The molecule has 1 saturated heterocycles. The summed E-state index contributed by atoms with van der Waals surface area (Å²) in [4.78, 5) is 19.3. The molecule has 1 amide bonds. The third kappa shape index (κ3) is 7.57. The van der Waals surface area contributed by atoms with E-state index in [-0.39, 0.29) is 11.8 Å². The fourth-order valence-corrected chi connectivity index (χ4v) is 5.19. The zero-order valence-electron chi connectivity index (χ0n) is 18.9. The van der Waals surface area contributed by atoms with Gasteiger partial charge in [-0.1, -0.05) is 44.8 Å². The molecule has 34 heavy (non-hydrogen) atoms. The monoisotopic (exact) mass is 562 g/mol. The lowest BCUT2D eigenvalue weighted by Crippen LogP contribution is -2.40. The van der Waals surface area contributed by atoms with E-state index in [0.29, 0.717) is 18.3 Å². The van der Waals surface area contributed by atoms with Gasteiger partial charge < -0.3 is 9.84 Å². The molecule has 0 saturated carbocycles. The Hall–Kier alpha value is -1.87. The number of nitrogens with one attached hydrogen (secondary N) is 1. The smallest absolute Gasteiger partial charge is 0.241 e. The number of halogens is 2.